The molecule has 4 nitrogen and oxygen atoms in total. The third kappa shape index (κ3) is 3.70. The van der Waals surface area contributed by atoms with Crippen molar-refractivity contribution in [3.8, 4) is 0 Å². The molecule has 1 aromatic rings. The number of rotatable bonds is 5. The molecule has 108 valence electrons. The van der Waals surface area contributed by atoms with Gasteiger partial charge in [0.2, 0.25) is 10.0 Å². The number of hydrogen-bond acceptors (Lipinski definition) is 3. The van der Waals surface area contributed by atoms with Crippen molar-refractivity contribution in [2.45, 2.75) is 45.4 Å². The Kier molecular flexibility index (Phi) is 4.98. The number of nitrogens with two attached hydrogens (primary N) is 1. The monoisotopic (exact) mass is 284 g/mol. The maximum absolute atomic E-state index is 12.5. The molecule has 1 aromatic carbocycles. The van der Waals surface area contributed by atoms with Crippen LogP contribution in [0.25, 0.3) is 0 Å². The molecule has 0 saturated heterocycles. The Labute approximate surface area is 116 Å². The average Bonchev–Trinajstić information content (AvgIpc) is 2.29. The fourth-order valence-electron chi connectivity index (χ4n) is 1.79. The molecule has 0 fully saturated rings. The lowest BCUT2D eigenvalue weighted by atomic mass is 10.2. The molecule has 0 spiro atoms. The molecule has 19 heavy (non-hydrogen) atoms. The predicted octanol–water partition coefficient (Wildman–Crippen LogP) is 2.61. The Balaban J connectivity index is 3.07. The van der Waals surface area contributed by atoms with Crippen molar-refractivity contribution in [2.75, 3.05) is 12.3 Å². The predicted molar refractivity (Wildman–Crippen MR) is 80.2 cm³/mol. The van der Waals surface area contributed by atoms with E-state index >= 15 is 0 Å². The van der Waals surface area contributed by atoms with Gasteiger partial charge in [-0.15, -0.1) is 0 Å². The van der Waals surface area contributed by atoms with Crippen molar-refractivity contribution in [2.24, 2.45) is 0 Å². The second-order valence-electron chi connectivity index (χ2n) is 5.65. The summed E-state index contributed by atoms with van der Waals surface area (Å²) in [6.07, 6.45) is 0.780. The van der Waals surface area contributed by atoms with Crippen LogP contribution in [0.2, 0.25) is 0 Å². The summed E-state index contributed by atoms with van der Waals surface area (Å²) in [4.78, 5) is 0. The molecule has 0 radical (unpaired) electrons. The summed E-state index contributed by atoms with van der Waals surface area (Å²) in [5, 5.41) is 0. The molecule has 0 amide bonds. The van der Waals surface area contributed by atoms with Crippen molar-refractivity contribution < 1.29 is 8.42 Å². The number of anilines is 1. The van der Waals surface area contributed by atoms with E-state index < -0.39 is 14.8 Å². The zero-order valence-corrected chi connectivity index (χ0v) is 13.0. The van der Waals surface area contributed by atoms with E-state index in [1.54, 1.807) is 26.8 Å². The van der Waals surface area contributed by atoms with E-state index in [0.717, 1.165) is 12.0 Å². The van der Waals surface area contributed by atoms with E-state index in [4.69, 9.17) is 5.73 Å². The molecule has 0 aromatic heterocycles. The number of para-hydroxylation sites is 1. The number of benzene rings is 1. The largest absolute Gasteiger partial charge is 0.398 e. The molecule has 0 atom stereocenters. The highest BCUT2D eigenvalue weighted by molar-refractivity contribution is 7.90. The minimum Gasteiger partial charge on any atom is -0.398 e. The van der Waals surface area contributed by atoms with Crippen molar-refractivity contribution in [1.82, 2.24) is 4.31 Å². The van der Waals surface area contributed by atoms with E-state index in [9.17, 15) is 8.42 Å². The topological polar surface area (TPSA) is 63.4 Å². The molecule has 0 heterocycles. The first kappa shape index (κ1) is 16.0. The fourth-order valence-corrected chi connectivity index (χ4v) is 3.30. The molecule has 0 bridgehead atoms. The zero-order chi connectivity index (χ0) is 14.7. The lowest BCUT2D eigenvalue weighted by molar-refractivity contribution is 0.389. The molecule has 1 rings (SSSR count). The Morgan fingerprint density at radius 1 is 1.21 bits per heavy atom. The van der Waals surface area contributed by atoms with Gasteiger partial charge in [0.05, 0.1) is 4.75 Å². The van der Waals surface area contributed by atoms with E-state index in [0.29, 0.717) is 18.8 Å². The highest BCUT2D eigenvalue weighted by Crippen LogP contribution is 2.24. The van der Waals surface area contributed by atoms with Crippen LogP contribution in [0.3, 0.4) is 0 Å². The summed E-state index contributed by atoms with van der Waals surface area (Å²) < 4.78 is 25.8. The molecular formula is C14H24N2O2S. The van der Waals surface area contributed by atoms with Gasteiger partial charge in [-0.3, -0.25) is 0 Å². The van der Waals surface area contributed by atoms with E-state index in [2.05, 4.69) is 0 Å². The quantitative estimate of drug-likeness (QED) is 0.845. The Bertz CT molecular complexity index is 518. The standard InChI is InChI=1S/C14H24N2O2S/c1-5-10-16(19(17,18)14(2,3)4)11-12-8-6-7-9-13(12)15/h6-9H,5,10-11,15H2,1-4H3. The fraction of sp³-hybridized carbons (Fsp3) is 0.571. The molecule has 0 aliphatic carbocycles. The second kappa shape index (κ2) is 5.92. The van der Waals surface area contributed by atoms with Crippen LogP contribution in [0.15, 0.2) is 24.3 Å². The van der Waals surface area contributed by atoms with Gasteiger partial charge < -0.3 is 5.73 Å². The van der Waals surface area contributed by atoms with Crippen molar-refractivity contribution in [1.29, 1.82) is 0 Å². The SMILES string of the molecule is CCCN(Cc1ccccc1N)S(=O)(=O)C(C)(C)C. The van der Waals surface area contributed by atoms with Crippen LogP contribution >= 0.6 is 0 Å². The van der Waals surface area contributed by atoms with Gasteiger partial charge in [-0.2, -0.15) is 4.31 Å². The molecule has 0 unspecified atom stereocenters. The van der Waals surface area contributed by atoms with Gasteiger partial charge in [0.25, 0.3) is 0 Å². The summed E-state index contributed by atoms with van der Waals surface area (Å²) in [6.45, 7) is 7.98. The van der Waals surface area contributed by atoms with Crippen molar-refractivity contribution in [3.63, 3.8) is 0 Å². The van der Waals surface area contributed by atoms with Gasteiger partial charge in [0.15, 0.2) is 0 Å². The number of nitrogens with zero attached hydrogens (tertiary/aromatic N) is 1. The maximum atomic E-state index is 12.5. The Morgan fingerprint density at radius 2 is 1.79 bits per heavy atom. The lowest BCUT2D eigenvalue weighted by Gasteiger charge is -2.30. The van der Waals surface area contributed by atoms with E-state index in [-0.39, 0.29) is 0 Å². The van der Waals surface area contributed by atoms with Gasteiger partial charge in [0.1, 0.15) is 0 Å². The first-order valence-corrected chi connectivity index (χ1v) is 7.97. The molecule has 2 N–H and O–H groups in total. The van der Waals surface area contributed by atoms with E-state index in [1.807, 2.05) is 25.1 Å². The van der Waals surface area contributed by atoms with Gasteiger partial charge in [-0.25, -0.2) is 8.42 Å². The molecule has 0 aliphatic heterocycles. The summed E-state index contributed by atoms with van der Waals surface area (Å²) in [7, 11) is -3.34. The minimum atomic E-state index is -3.34. The van der Waals surface area contributed by atoms with Gasteiger partial charge in [0, 0.05) is 18.8 Å². The summed E-state index contributed by atoms with van der Waals surface area (Å²) in [6, 6.07) is 7.39. The normalized spacial score (nSPS) is 12.9. The summed E-state index contributed by atoms with van der Waals surface area (Å²) in [5.41, 5.74) is 7.38. The van der Waals surface area contributed by atoms with Crippen LogP contribution in [-0.2, 0) is 16.6 Å². The smallest absolute Gasteiger partial charge is 0.219 e. The Morgan fingerprint density at radius 3 is 2.26 bits per heavy atom. The number of nitrogen functional groups attached to an aromatic ring is 1. The number of sulfonamides is 1. The molecule has 0 saturated carbocycles. The first-order valence-electron chi connectivity index (χ1n) is 6.53. The Hall–Kier alpha value is -1.07. The summed E-state index contributed by atoms with van der Waals surface area (Å²) >= 11 is 0. The maximum Gasteiger partial charge on any atom is 0.219 e. The highest BCUT2D eigenvalue weighted by Gasteiger charge is 2.34. The molecule has 0 aliphatic rings. The highest BCUT2D eigenvalue weighted by atomic mass is 32.2. The van der Waals surface area contributed by atoms with Crippen LogP contribution in [-0.4, -0.2) is 24.0 Å². The van der Waals surface area contributed by atoms with Crippen molar-refractivity contribution >= 4 is 15.7 Å². The zero-order valence-electron chi connectivity index (χ0n) is 12.2. The third-order valence-electron chi connectivity index (χ3n) is 2.99. The van der Waals surface area contributed by atoms with Crippen LogP contribution in [0.4, 0.5) is 5.69 Å². The van der Waals surface area contributed by atoms with Gasteiger partial charge in [-0.1, -0.05) is 25.1 Å². The lowest BCUT2D eigenvalue weighted by Crippen LogP contribution is -2.43. The minimum absolute atomic E-state index is 0.333. The molecular weight excluding hydrogens is 260 g/mol. The van der Waals surface area contributed by atoms with Crippen molar-refractivity contribution in [3.05, 3.63) is 29.8 Å². The van der Waals surface area contributed by atoms with Gasteiger partial charge in [-0.05, 0) is 38.8 Å². The first-order chi connectivity index (χ1) is 8.70. The van der Waals surface area contributed by atoms with Gasteiger partial charge >= 0.3 is 0 Å². The second-order valence-corrected chi connectivity index (χ2v) is 8.34. The van der Waals surface area contributed by atoms with Crippen LogP contribution in [0.1, 0.15) is 39.7 Å². The van der Waals surface area contributed by atoms with Crippen LogP contribution in [0, 0.1) is 0 Å². The summed E-state index contributed by atoms with van der Waals surface area (Å²) in [5.74, 6) is 0. The van der Waals surface area contributed by atoms with Crippen LogP contribution in [0.5, 0.6) is 0 Å². The number of hydrogen-bond donors (Lipinski definition) is 1. The molecule has 5 heteroatoms. The van der Waals surface area contributed by atoms with Crippen LogP contribution < -0.4 is 5.73 Å². The third-order valence-corrected chi connectivity index (χ3v) is 5.53. The average molecular weight is 284 g/mol. The van der Waals surface area contributed by atoms with E-state index in [1.165, 1.54) is 4.31 Å².